The summed E-state index contributed by atoms with van der Waals surface area (Å²) in [7, 11) is 0. The van der Waals surface area contributed by atoms with Crippen molar-refractivity contribution in [1.29, 1.82) is 0 Å². The summed E-state index contributed by atoms with van der Waals surface area (Å²) in [6, 6.07) is 12.1. The summed E-state index contributed by atoms with van der Waals surface area (Å²) in [5.74, 6) is 0. The smallest absolute Gasteiger partial charge is 0.0699 e. The van der Waals surface area contributed by atoms with Crippen LogP contribution in [0.2, 0.25) is 5.02 Å². The molecule has 3 rings (SSSR count). The first-order valence-electron chi connectivity index (χ1n) is 8.20. The molecule has 0 amide bonds. The summed E-state index contributed by atoms with van der Waals surface area (Å²) >= 11 is 5.97. The molecular formula is C19H23ClN2O. The van der Waals surface area contributed by atoms with Gasteiger partial charge in [-0.05, 0) is 62.1 Å². The second kappa shape index (κ2) is 7.43. The number of likely N-dealkylation sites (tertiary alicyclic amines) is 1. The molecule has 0 unspecified atom stereocenters. The summed E-state index contributed by atoms with van der Waals surface area (Å²) in [4.78, 5) is 6.88. The van der Waals surface area contributed by atoms with Crippen LogP contribution in [0.1, 0.15) is 29.7 Å². The summed E-state index contributed by atoms with van der Waals surface area (Å²) in [5, 5.41) is 11.3. The van der Waals surface area contributed by atoms with Crippen LogP contribution in [-0.2, 0) is 13.0 Å². The van der Waals surface area contributed by atoms with Crippen molar-refractivity contribution < 1.29 is 5.11 Å². The minimum atomic E-state index is -0.288. The highest BCUT2D eigenvalue weighted by Crippen LogP contribution is 2.24. The maximum atomic E-state index is 10.5. The van der Waals surface area contributed by atoms with E-state index in [0.29, 0.717) is 0 Å². The Bertz CT molecular complexity index is 644. The normalized spacial score (nSPS) is 22.2. The van der Waals surface area contributed by atoms with Crippen molar-refractivity contribution in [3.05, 3.63) is 64.4 Å². The molecule has 23 heavy (non-hydrogen) atoms. The molecule has 1 aliphatic rings. The highest BCUT2D eigenvalue weighted by molar-refractivity contribution is 6.30. The number of aliphatic hydroxyl groups is 1. The molecule has 0 saturated carbocycles. The lowest BCUT2D eigenvalue weighted by Gasteiger charge is -2.39. The van der Waals surface area contributed by atoms with E-state index in [4.69, 9.17) is 11.6 Å². The maximum absolute atomic E-state index is 10.5. The van der Waals surface area contributed by atoms with E-state index in [9.17, 15) is 5.11 Å². The Labute approximate surface area is 142 Å². The Morgan fingerprint density at radius 2 is 2.04 bits per heavy atom. The lowest BCUT2D eigenvalue weighted by atomic mass is 9.92. The molecule has 1 N–H and O–H groups in total. The number of aliphatic hydroxyl groups excluding tert-OH is 1. The molecule has 1 aromatic carbocycles. The molecule has 4 heteroatoms. The number of rotatable bonds is 4. The fourth-order valence-electron chi connectivity index (χ4n) is 3.30. The van der Waals surface area contributed by atoms with Gasteiger partial charge in [0.1, 0.15) is 0 Å². The summed E-state index contributed by atoms with van der Waals surface area (Å²) in [6.07, 6.45) is 4.30. The highest BCUT2D eigenvalue weighted by atomic mass is 35.5. The van der Waals surface area contributed by atoms with Crippen LogP contribution in [0.5, 0.6) is 0 Å². The number of benzene rings is 1. The van der Waals surface area contributed by atoms with Crippen molar-refractivity contribution in [3.8, 4) is 0 Å². The second-order valence-electron chi connectivity index (χ2n) is 6.34. The topological polar surface area (TPSA) is 36.4 Å². The predicted octanol–water partition coefficient (Wildman–Crippen LogP) is 3.61. The zero-order valence-electron chi connectivity index (χ0n) is 13.5. The molecule has 122 valence electrons. The Morgan fingerprint density at radius 3 is 2.78 bits per heavy atom. The standard InChI is InChI=1S/C19H23ClN2O/c1-14-4-2-10-21-17(14)13-22-11-3-5-19(23)18(22)12-15-6-8-16(20)9-7-15/h2,4,6-10,18-19,23H,3,5,11-13H2,1H3/t18-,19-/m0/s1. The molecule has 1 fully saturated rings. The first-order valence-corrected chi connectivity index (χ1v) is 8.58. The average Bonchev–Trinajstić information content (AvgIpc) is 2.55. The Balaban J connectivity index is 1.76. The molecule has 1 saturated heterocycles. The number of pyridine rings is 1. The van der Waals surface area contributed by atoms with E-state index in [1.54, 1.807) is 0 Å². The van der Waals surface area contributed by atoms with Gasteiger partial charge in [0.15, 0.2) is 0 Å². The van der Waals surface area contributed by atoms with E-state index in [1.807, 2.05) is 36.5 Å². The Kier molecular flexibility index (Phi) is 5.31. The third-order valence-electron chi connectivity index (χ3n) is 4.69. The highest BCUT2D eigenvalue weighted by Gasteiger charge is 2.30. The fourth-order valence-corrected chi connectivity index (χ4v) is 3.43. The van der Waals surface area contributed by atoms with E-state index < -0.39 is 0 Å². The first kappa shape index (κ1) is 16.4. The van der Waals surface area contributed by atoms with Gasteiger partial charge in [0, 0.05) is 23.8 Å². The van der Waals surface area contributed by atoms with E-state index in [1.165, 1.54) is 11.1 Å². The number of aromatic nitrogens is 1. The van der Waals surface area contributed by atoms with E-state index in [-0.39, 0.29) is 12.1 Å². The number of hydrogen-bond acceptors (Lipinski definition) is 3. The summed E-state index contributed by atoms with van der Waals surface area (Å²) < 4.78 is 0. The van der Waals surface area contributed by atoms with Gasteiger partial charge in [0.2, 0.25) is 0 Å². The van der Waals surface area contributed by atoms with Gasteiger partial charge in [0.05, 0.1) is 11.8 Å². The van der Waals surface area contributed by atoms with Gasteiger partial charge in [-0.1, -0.05) is 29.8 Å². The van der Waals surface area contributed by atoms with Gasteiger partial charge >= 0.3 is 0 Å². The molecular weight excluding hydrogens is 308 g/mol. The number of hydrogen-bond donors (Lipinski definition) is 1. The van der Waals surface area contributed by atoms with E-state index >= 15 is 0 Å². The third kappa shape index (κ3) is 4.11. The van der Waals surface area contributed by atoms with E-state index in [0.717, 1.165) is 43.1 Å². The lowest BCUT2D eigenvalue weighted by Crippen LogP contribution is -2.49. The minimum absolute atomic E-state index is 0.131. The zero-order chi connectivity index (χ0) is 16.2. The summed E-state index contributed by atoms with van der Waals surface area (Å²) in [6.45, 7) is 3.89. The number of nitrogens with zero attached hydrogens (tertiary/aromatic N) is 2. The van der Waals surface area contributed by atoms with Crippen molar-refractivity contribution in [2.45, 2.75) is 44.9 Å². The van der Waals surface area contributed by atoms with Gasteiger partial charge < -0.3 is 5.11 Å². The van der Waals surface area contributed by atoms with Crippen molar-refractivity contribution in [2.24, 2.45) is 0 Å². The fraction of sp³-hybridized carbons (Fsp3) is 0.421. The molecule has 0 radical (unpaired) electrons. The maximum Gasteiger partial charge on any atom is 0.0699 e. The van der Waals surface area contributed by atoms with E-state index in [2.05, 4.69) is 22.9 Å². The SMILES string of the molecule is Cc1cccnc1CN1CCC[C@H](O)[C@@H]1Cc1ccc(Cl)cc1. The quantitative estimate of drug-likeness (QED) is 0.930. The van der Waals surface area contributed by atoms with Crippen molar-refractivity contribution >= 4 is 11.6 Å². The largest absolute Gasteiger partial charge is 0.391 e. The van der Waals surface area contributed by atoms with Crippen LogP contribution in [0.3, 0.4) is 0 Å². The Morgan fingerprint density at radius 1 is 1.26 bits per heavy atom. The molecule has 1 aliphatic heterocycles. The molecule has 2 atom stereocenters. The van der Waals surface area contributed by atoms with Gasteiger partial charge in [-0.3, -0.25) is 9.88 Å². The summed E-state index contributed by atoms with van der Waals surface area (Å²) in [5.41, 5.74) is 3.52. The van der Waals surface area contributed by atoms with Crippen molar-refractivity contribution in [2.75, 3.05) is 6.54 Å². The third-order valence-corrected chi connectivity index (χ3v) is 4.94. The Hall–Kier alpha value is -1.42. The second-order valence-corrected chi connectivity index (χ2v) is 6.78. The molecule has 0 bridgehead atoms. The van der Waals surface area contributed by atoms with Crippen LogP contribution in [0.25, 0.3) is 0 Å². The van der Waals surface area contributed by atoms with Crippen LogP contribution in [0, 0.1) is 6.92 Å². The lowest BCUT2D eigenvalue weighted by molar-refractivity contribution is 0.00605. The molecule has 1 aromatic heterocycles. The molecule has 2 aromatic rings. The number of aryl methyl sites for hydroxylation is 1. The predicted molar refractivity (Wildman–Crippen MR) is 93.6 cm³/mol. The first-order chi connectivity index (χ1) is 11.1. The molecule has 0 spiro atoms. The zero-order valence-corrected chi connectivity index (χ0v) is 14.2. The average molecular weight is 331 g/mol. The monoisotopic (exact) mass is 330 g/mol. The van der Waals surface area contributed by atoms with Crippen LogP contribution < -0.4 is 0 Å². The molecule has 2 heterocycles. The van der Waals surface area contributed by atoms with Crippen LogP contribution in [0.15, 0.2) is 42.6 Å². The van der Waals surface area contributed by atoms with Crippen LogP contribution in [-0.4, -0.2) is 33.7 Å². The molecule has 0 aliphatic carbocycles. The van der Waals surface area contributed by atoms with Gasteiger partial charge in [-0.2, -0.15) is 0 Å². The van der Waals surface area contributed by atoms with Crippen LogP contribution >= 0.6 is 11.6 Å². The number of halogens is 1. The number of piperidine rings is 1. The minimum Gasteiger partial charge on any atom is -0.391 e. The van der Waals surface area contributed by atoms with Gasteiger partial charge in [0.25, 0.3) is 0 Å². The van der Waals surface area contributed by atoms with Gasteiger partial charge in [-0.15, -0.1) is 0 Å². The van der Waals surface area contributed by atoms with Crippen LogP contribution in [0.4, 0.5) is 0 Å². The van der Waals surface area contributed by atoms with Gasteiger partial charge in [-0.25, -0.2) is 0 Å². The molecule has 3 nitrogen and oxygen atoms in total. The van der Waals surface area contributed by atoms with Crippen molar-refractivity contribution in [3.63, 3.8) is 0 Å². The van der Waals surface area contributed by atoms with Crippen molar-refractivity contribution in [1.82, 2.24) is 9.88 Å².